The fourth-order valence-corrected chi connectivity index (χ4v) is 5.95. The van der Waals surface area contributed by atoms with Crippen LogP contribution in [0.15, 0.2) is 15.6 Å². The maximum atomic E-state index is 13.3. The minimum Gasteiger partial charge on any atom is -0.381 e. The Labute approximate surface area is 141 Å². The van der Waals surface area contributed by atoms with Gasteiger partial charge in [-0.05, 0) is 54.6 Å². The zero-order chi connectivity index (χ0) is 16.9. The van der Waals surface area contributed by atoms with Gasteiger partial charge >= 0.3 is 0 Å². The second kappa shape index (κ2) is 5.50. The van der Waals surface area contributed by atoms with E-state index in [1.54, 1.807) is 11.2 Å². The summed E-state index contributed by atoms with van der Waals surface area (Å²) < 4.78 is 38.6. The zero-order valence-electron chi connectivity index (χ0n) is 13.9. The molecular formula is C16H21N3O4S. The molecule has 1 aromatic heterocycles. The lowest BCUT2D eigenvalue weighted by atomic mass is 9.80. The van der Waals surface area contributed by atoms with Crippen molar-refractivity contribution in [2.24, 2.45) is 5.41 Å². The SMILES string of the molecule is Cc1cc(C)c2nonc2c1S(=O)(=O)N1CCC[C@@]2(CCOC2)C1. The predicted molar refractivity (Wildman–Crippen MR) is 87.1 cm³/mol. The van der Waals surface area contributed by atoms with Crippen molar-refractivity contribution in [2.45, 2.75) is 38.0 Å². The number of rotatable bonds is 2. The standard InChI is InChI=1S/C16H21N3O4S/c1-11-8-12(2)15(14-13(11)17-23-18-14)24(20,21)19-6-3-4-16(9-19)5-7-22-10-16/h8H,3-7,9-10H2,1-2H3/t16-/m1/s1. The monoisotopic (exact) mass is 351 g/mol. The summed E-state index contributed by atoms with van der Waals surface area (Å²) in [5, 5.41) is 7.73. The van der Waals surface area contributed by atoms with Crippen molar-refractivity contribution >= 4 is 21.1 Å². The molecule has 130 valence electrons. The molecule has 2 aliphatic rings. The van der Waals surface area contributed by atoms with Crippen LogP contribution in [-0.2, 0) is 14.8 Å². The van der Waals surface area contributed by atoms with E-state index < -0.39 is 10.0 Å². The highest BCUT2D eigenvalue weighted by atomic mass is 32.2. The molecule has 0 unspecified atom stereocenters. The smallest absolute Gasteiger partial charge is 0.245 e. The number of ether oxygens (including phenoxy) is 1. The lowest BCUT2D eigenvalue weighted by Crippen LogP contribution is -2.46. The van der Waals surface area contributed by atoms with E-state index >= 15 is 0 Å². The van der Waals surface area contributed by atoms with Gasteiger partial charge in [-0.2, -0.15) is 4.31 Å². The Kier molecular flexibility index (Phi) is 3.67. The minimum atomic E-state index is -3.65. The zero-order valence-corrected chi connectivity index (χ0v) is 14.7. The van der Waals surface area contributed by atoms with E-state index in [0.29, 0.717) is 36.3 Å². The summed E-state index contributed by atoms with van der Waals surface area (Å²) in [5.74, 6) is 0. The molecule has 2 fully saturated rings. The van der Waals surface area contributed by atoms with E-state index in [1.807, 2.05) is 13.0 Å². The highest BCUT2D eigenvalue weighted by molar-refractivity contribution is 7.89. The van der Waals surface area contributed by atoms with E-state index in [-0.39, 0.29) is 10.3 Å². The molecule has 2 saturated heterocycles. The number of hydrogen-bond acceptors (Lipinski definition) is 6. The number of nitrogens with zero attached hydrogens (tertiary/aromatic N) is 3. The van der Waals surface area contributed by atoms with Crippen molar-refractivity contribution in [1.29, 1.82) is 0 Å². The van der Waals surface area contributed by atoms with Gasteiger partial charge in [-0.1, -0.05) is 6.07 Å². The summed E-state index contributed by atoms with van der Waals surface area (Å²) >= 11 is 0. The van der Waals surface area contributed by atoms with Crippen LogP contribution in [0.4, 0.5) is 0 Å². The number of piperidine rings is 1. The Balaban J connectivity index is 1.79. The molecule has 2 aliphatic heterocycles. The fraction of sp³-hybridized carbons (Fsp3) is 0.625. The second-order valence-corrected chi connectivity index (χ2v) is 8.92. The van der Waals surface area contributed by atoms with E-state index in [9.17, 15) is 8.42 Å². The normalized spacial score (nSPS) is 25.8. The van der Waals surface area contributed by atoms with Gasteiger partial charge in [0.15, 0.2) is 5.52 Å². The number of sulfonamides is 1. The quantitative estimate of drug-likeness (QED) is 0.823. The third-order valence-electron chi connectivity index (χ3n) is 5.28. The summed E-state index contributed by atoms with van der Waals surface area (Å²) in [6, 6.07) is 1.83. The van der Waals surface area contributed by atoms with Gasteiger partial charge in [-0.25, -0.2) is 13.0 Å². The molecule has 1 aromatic carbocycles. The third kappa shape index (κ3) is 2.35. The summed E-state index contributed by atoms with van der Waals surface area (Å²) in [7, 11) is -3.65. The molecule has 3 heterocycles. The molecule has 0 N–H and O–H groups in total. The Hall–Kier alpha value is -1.51. The molecule has 0 amide bonds. The summed E-state index contributed by atoms with van der Waals surface area (Å²) in [4.78, 5) is 0.223. The van der Waals surface area contributed by atoms with Crippen molar-refractivity contribution in [3.05, 3.63) is 17.2 Å². The van der Waals surface area contributed by atoms with Crippen LogP contribution in [0.1, 0.15) is 30.4 Å². The average molecular weight is 351 g/mol. The van der Waals surface area contributed by atoms with Crippen molar-refractivity contribution < 1.29 is 17.8 Å². The van der Waals surface area contributed by atoms with Crippen LogP contribution in [0.5, 0.6) is 0 Å². The molecular weight excluding hydrogens is 330 g/mol. The number of hydrogen-bond donors (Lipinski definition) is 0. The van der Waals surface area contributed by atoms with Gasteiger partial charge in [-0.15, -0.1) is 0 Å². The van der Waals surface area contributed by atoms with Gasteiger partial charge in [0.2, 0.25) is 10.0 Å². The fourth-order valence-electron chi connectivity index (χ4n) is 4.04. The van der Waals surface area contributed by atoms with E-state index in [4.69, 9.17) is 9.37 Å². The first-order valence-corrected chi connectivity index (χ1v) is 9.67. The highest BCUT2D eigenvalue weighted by Gasteiger charge is 2.43. The molecule has 2 aromatic rings. The number of aromatic nitrogens is 2. The Bertz CT molecular complexity index is 884. The number of fused-ring (bicyclic) bond motifs is 1. The first kappa shape index (κ1) is 16.0. The van der Waals surface area contributed by atoms with Crippen LogP contribution in [0.2, 0.25) is 0 Å². The van der Waals surface area contributed by atoms with Crippen LogP contribution in [0.3, 0.4) is 0 Å². The van der Waals surface area contributed by atoms with Crippen molar-refractivity contribution in [2.75, 3.05) is 26.3 Å². The predicted octanol–water partition coefficient (Wildman–Crippen LogP) is 2.03. The Morgan fingerprint density at radius 2 is 1.96 bits per heavy atom. The maximum Gasteiger partial charge on any atom is 0.245 e. The van der Waals surface area contributed by atoms with Crippen LogP contribution in [0.25, 0.3) is 11.0 Å². The van der Waals surface area contributed by atoms with Crippen LogP contribution in [-0.4, -0.2) is 49.3 Å². The lowest BCUT2D eigenvalue weighted by Gasteiger charge is -2.38. The maximum absolute atomic E-state index is 13.3. The van der Waals surface area contributed by atoms with Crippen molar-refractivity contribution in [3.63, 3.8) is 0 Å². The van der Waals surface area contributed by atoms with Gasteiger partial charge < -0.3 is 4.74 Å². The van der Waals surface area contributed by atoms with Crippen molar-refractivity contribution in [1.82, 2.24) is 14.6 Å². The van der Waals surface area contributed by atoms with Gasteiger partial charge in [0.25, 0.3) is 0 Å². The van der Waals surface area contributed by atoms with Gasteiger partial charge in [0, 0.05) is 25.1 Å². The minimum absolute atomic E-state index is 0.0366. The van der Waals surface area contributed by atoms with E-state index in [2.05, 4.69) is 10.3 Å². The Morgan fingerprint density at radius 1 is 1.17 bits per heavy atom. The molecule has 0 aliphatic carbocycles. The van der Waals surface area contributed by atoms with E-state index in [0.717, 1.165) is 31.4 Å². The molecule has 7 nitrogen and oxygen atoms in total. The molecule has 0 radical (unpaired) electrons. The topological polar surface area (TPSA) is 85.5 Å². The third-order valence-corrected chi connectivity index (χ3v) is 7.30. The molecule has 1 atom stereocenters. The lowest BCUT2D eigenvalue weighted by molar-refractivity contribution is 0.105. The molecule has 0 bridgehead atoms. The van der Waals surface area contributed by atoms with Gasteiger partial charge in [-0.3, -0.25) is 0 Å². The molecule has 24 heavy (non-hydrogen) atoms. The molecule has 1 spiro atoms. The molecule has 0 saturated carbocycles. The first-order valence-electron chi connectivity index (χ1n) is 8.23. The average Bonchev–Trinajstić information content (AvgIpc) is 3.17. The summed E-state index contributed by atoms with van der Waals surface area (Å²) in [5.41, 5.74) is 2.34. The second-order valence-electron chi connectivity index (χ2n) is 7.05. The molecule has 8 heteroatoms. The molecule has 4 rings (SSSR count). The van der Waals surface area contributed by atoms with Gasteiger partial charge in [0.1, 0.15) is 10.4 Å². The van der Waals surface area contributed by atoms with Crippen LogP contribution >= 0.6 is 0 Å². The van der Waals surface area contributed by atoms with Gasteiger partial charge in [0.05, 0.1) is 6.61 Å². The van der Waals surface area contributed by atoms with Crippen LogP contribution < -0.4 is 0 Å². The number of aryl methyl sites for hydroxylation is 2. The first-order chi connectivity index (χ1) is 11.4. The van der Waals surface area contributed by atoms with Crippen molar-refractivity contribution in [3.8, 4) is 0 Å². The number of benzene rings is 1. The Morgan fingerprint density at radius 3 is 2.71 bits per heavy atom. The highest BCUT2D eigenvalue weighted by Crippen LogP contribution is 2.40. The van der Waals surface area contributed by atoms with E-state index in [1.165, 1.54) is 0 Å². The largest absolute Gasteiger partial charge is 0.381 e. The summed E-state index contributed by atoms with van der Waals surface area (Å²) in [6.07, 6.45) is 2.80. The summed E-state index contributed by atoms with van der Waals surface area (Å²) in [6.45, 7) is 6.08. The van der Waals surface area contributed by atoms with Crippen LogP contribution in [0, 0.1) is 19.3 Å².